The summed E-state index contributed by atoms with van der Waals surface area (Å²) in [5, 5.41) is 9.30. The summed E-state index contributed by atoms with van der Waals surface area (Å²) in [6.07, 6.45) is -4.84. The molecule has 0 aliphatic heterocycles. The minimum absolute atomic E-state index is 0.0246. The lowest BCUT2D eigenvalue weighted by Crippen LogP contribution is -2.28. The van der Waals surface area contributed by atoms with Crippen LogP contribution in [0.4, 0.5) is 13.2 Å². The van der Waals surface area contributed by atoms with Gasteiger partial charge in [-0.05, 0) is 42.3 Å². The van der Waals surface area contributed by atoms with Gasteiger partial charge in [-0.25, -0.2) is 0 Å². The van der Waals surface area contributed by atoms with Gasteiger partial charge in [0.1, 0.15) is 17.4 Å². The number of hydrogen-bond acceptors (Lipinski definition) is 4. The Hall–Kier alpha value is -3.57. The summed E-state index contributed by atoms with van der Waals surface area (Å²) < 4.78 is 52.2. The van der Waals surface area contributed by atoms with Gasteiger partial charge in [0.2, 0.25) is 0 Å². The third-order valence-electron chi connectivity index (χ3n) is 4.61. The lowest BCUT2D eigenvalue weighted by molar-refractivity contribution is -0.137. The average Bonchev–Trinajstić information content (AvgIpc) is 2.73. The molecule has 0 aliphatic carbocycles. The zero-order valence-corrected chi connectivity index (χ0v) is 16.9. The highest BCUT2D eigenvalue weighted by molar-refractivity contribution is 5.63. The first kappa shape index (κ1) is 22.1. The van der Waals surface area contributed by atoms with Gasteiger partial charge in [0.15, 0.2) is 6.79 Å². The summed E-state index contributed by atoms with van der Waals surface area (Å²) >= 11 is 0. The van der Waals surface area contributed by atoms with Crippen LogP contribution < -0.4 is 10.3 Å². The Bertz CT molecular complexity index is 1190. The van der Waals surface area contributed by atoms with Gasteiger partial charge in [0.05, 0.1) is 17.8 Å². The molecule has 3 aromatic rings. The topological polar surface area (TPSA) is 64.2 Å². The molecule has 2 aromatic carbocycles. The highest BCUT2D eigenvalue weighted by Gasteiger charge is 2.36. The third-order valence-corrected chi connectivity index (χ3v) is 4.61. The molecule has 160 valence electrons. The van der Waals surface area contributed by atoms with Crippen molar-refractivity contribution in [3.8, 4) is 23.1 Å². The molecule has 0 unspecified atom stereocenters. The van der Waals surface area contributed by atoms with Crippen molar-refractivity contribution in [1.29, 1.82) is 5.26 Å². The summed E-state index contributed by atoms with van der Waals surface area (Å²) in [4.78, 5) is 13.0. The number of methoxy groups -OCH3 is 1. The summed E-state index contributed by atoms with van der Waals surface area (Å²) in [5.41, 5.74) is -1.22. The molecule has 0 saturated carbocycles. The average molecular weight is 428 g/mol. The van der Waals surface area contributed by atoms with Gasteiger partial charge in [-0.2, -0.15) is 18.4 Å². The maximum atomic E-state index is 13.6. The molecule has 0 bridgehead atoms. The van der Waals surface area contributed by atoms with Gasteiger partial charge in [0.25, 0.3) is 5.56 Å². The van der Waals surface area contributed by atoms with Gasteiger partial charge in [-0.3, -0.25) is 4.79 Å². The van der Waals surface area contributed by atoms with E-state index in [-0.39, 0.29) is 19.0 Å². The number of nitriles is 1. The molecule has 0 N–H and O–H groups in total. The fourth-order valence-electron chi connectivity index (χ4n) is 3.22. The second-order valence-electron chi connectivity index (χ2n) is 6.89. The number of benzene rings is 2. The van der Waals surface area contributed by atoms with Crippen molar-refractivity contribution < 1.29 is 22.6 Å². The fraction of sp³-hybridized carbons (Fsp3) is 0.217. The van der Waals surface area contributed by atoms with Crippen molar-refractivity contribution in [3.05, 3.63) is 87.2 Å². The summed E-state index contributed by atoms with van der Waals surface area (Å²) in [5.74, 6) is 0.483. The Kier molecular flexibility index (Phi) is 6.47. The van der Waals surface area contributed by atoms with Crippen LogP contribution in [-0.4, -0.2) is 18.5 Å². The molecule has 31 heavy (non-hydrogen) atoms. The maximum absolute atomic E-state index is 13.6. The number of ether oxygens (including phenoxy) is 2. The summed E-state index contributed by atoms with van der Waals surface area (Å²) in [6, 6.07) is 15.9. The van der Waals surface area contributed by atoms with E-state index in [0.29, 0.717) is 16.9 Å². The van der Waals surface area contributed by atoms with E-state index < -0.39 is 22.9 Å². The van der Waals surface area contributed by atoms with Crippen molar-refractivity contribution in [2.75, 3.05) is 13.9 Å². The van der Waals surface area contributed by atoms with E-state index in [9.17, 15) is 23.2 Å². The van der Waals surface area contributed by atoms with Crippen LogP contribution >= 0.6 is 0 Å². The van der Waals surface area contributed by atoms with Crippen LogP contribution in [0.3, 0.4) is 0 Å². The number of nitrogens with zero attached hydrogens (tertiary/aromatic N) is 2. The van der Waals surface area contributed by atoms with Gasteiger partial charge in [-0.15, -0.1) is 0 Å². The largest absolute Gasteiger partial charge is 0.468 e. The maximum Gasteiger partial charge on any atom is 0.417 e. The molecule has 0 radical (unpaired) electrons. The lowest BCUT2D eigenvalue weighted by atomic mass is 10.0. The van der Waals surface area contributed by atoms with Crippen LogP contribution in [0.5, 0.6) is 5.75 Å². The van der Waals surface area contributed by atoms with E-state index in [2.05, 4.69) is 0 Å². The molecule has 0 aliphatic rings. The van der Waals surface area contributed by atoms with Gasteiger partial charge < -0.3 is 14.0 Å². The first-order valence-corrected chi connectivity index (χ1v) is 9.27. The minimum atomic E-state index is -4.84. The van der Waals surface area contributed by atoms with Crippen LogP contribution in [0.2, 0.25) is 0 Å². The Morgan fingerprint density at radius 1 is 1.10 bits per heavy atom. The number of rotatable bonds is 6. The van der Waals surface area contributed by atoms with E-state index >= 15 is 0 Å². The van der Waals surface area contributed by atoms with E-state index in [0.717, 1.165) is 11.6 Å². The molecule has 8 heteroatoms. The smallest absolute Gasteiger partial charge is 0.417 e. The number of alkyl halides is 3. The van der Waals surface area contributed by atoms with Crippen LogP contribution in [-0.2, 0) is 17.5 Å². The molecule has 1 heterocycles. The number of pyridine rings is 1. The summed E-state index contributed by atoms with van der Waals surface area (Å²) in [7, 11) is 1.48. The predicted molar refractivity (Wildman–Crippen MR) is 109 cm³/mol. The Labute approximate surface area is 176 Å². The van der Waals surface area contributed by atoms with E-state index in [1.54, 1.807) is 55.5 Å². The molecule has 0 fully saturated rings. The normalized spacial score (nSPS) is 11.2. The first-order chi connectivity index (χ1) is 14.7. The van der Waals surface area contributed by atoms with Crippen molar-refractivity contribution in [2.24, 2.45) is 0 Å². The van der Waals surface area contributed by atoms with Crippen LogP contribution in [0.15, 0.2) is 59.4 Å². The quantitative estimate of drug-likeness (QED) is 0.532. The van der Waals surface area contributed by atoms with Crippen LogP contribution in [0, 0.1) is 18.3 Å². The number of aromatic nitrogens is 1. The van der Waals surface area contributed by atoms with Gasteiger partial charge >= 0.3 is 6.18 Å². The van der Waals surface area contributed by atoms with Crippen LogP contribution in [0.25, 0.3) is 11.3 Å². The molecule has 1 aromatic heterocycles. The highest BCUT2D eigenvalue weighted by atomic mass is 19.4. The monoisotopic (exact) mass is 428 g/mol. The molecule has 0 spiro atoms. The van der Waals surface area contributed by atoms with Crippen LogP contribution in [0.1, 0.15) is 22.3 Å². The lowest BCUT2D eigenvalue weighted by Gasteiger charge is -2.18. The molecule has 3 rings (SSSR count). The Morgan fingerprint density at radius 3 is 2.48 bits per heavy atom. The third kappa shape index (κ3) is 4.95. The van der Waals surface area contributed by atoms with Gasteiger partial charge in [0, 0.05) is 7.11 Å². The Morgan fingerprint density at radius 2 is 1.84 bits per heavy atom. The Balaban J connectivity index is 2.21. The predicted octanol–water partition coefficient (Wildman–Crippen LogP) is 4.75. The molecule has 0 amide bonds. The van der Waals surface area contributed by atoms with E-state index in [4.69, 9.17) is 9.47 Å². The first-order valence-electron chi connectivity index (χ1n) is 9.27. The van der Waals surface area contributed by atoms with Gasteiger partial charge in [-0.1, -0.05) is 35.9 Å². The number of halogens is 3. The van der Waals surface area contributed by atoms with E-state index in [1.807, 2.05) is 0 Å². The zero-order valence-electron chi connectivity index (χ0n) is 16.9. The summed E-state index contributed by atoms with van der Waals surface area (Å²) in [6.45, 7) is 1.78. The number of aryl methyl sites for hydroxylation is 1. The second-order valence-corrected chi connectivity index (χ2v) is 6.89. The molecular weight excluding hydrogens is 409 g/mol. The second kappa shape index (κ2) is 9.06. The fourth-order valence-corrected chi connectivity index (χ4v) is 3.22. The van der Waals surface area contributed by atoms with Crippen molar-refractivity contribution in [2.45, 2.75) is 19.6 Å². The zero-order chi connectivity index (χ0) is 22.6. The van der Waals surface area contributed by atoms with Crippen molar-refractivity contribution >= 4 is 0 Å². The van der Waals surface area contributed by atoms with Crippen molar-refractivity contribution in [3.63, 3.8) is 0 Å². The highest BCUT2D eigenvalue weighted by Crippen LogP contribution is 2.34. The van der Waals surface area contributed by atoms with Crippen molar-refractivity contribution in [1.82, 2.24) is 4.57 Å². The van der Waals surface area contributed by atoms with E-state index in [1.165, 1.54) is 17.7 Å². The standard InChI is InChI=1S/C23H19F3N2O3/c1-15-5-3-7-17(9-15)21-11-20(23(24,25)26)19(12-27)22(29)28(21)13-16-6-4-8-18(10-16)31-14-30-2/h3-11H,13-14H2,1-2H3. The SMILES string of the molecule is COCOc1cccc(Cn2c(-c3cccc(C)c3)cc(C(F)(F)F)c(C#N)c2=O)c1. The molecule has 5 nitrogen and oxygen atoms in total. The molecule has 0 saturated heterocycles. The molecular formula is C23H19F3N2O3. The minimum Gasteiger partial charge on any atom is -0.468 e. The molecule has 0 atom stereocenters. The number of hydrogen-bond donors (Lipinski definition) is 0.